The highest BCUT2D eigenvalue weighted by atomic mass is 35.5. The molecule has 0 aliphatic heterocycles. The molecule has 4 aromatic rings. The zero-order valence-corrected chi connectivity index (χ0v) is 35.0. The van der Waals surface area contributed by atoms with Crippen molar-refractivity contribution >= 4 is 23.2 Å². The van der Waals surface area contributed by atoms with Crippen LogP contribution in [0.15, 0.2) is 60.7 Å². The van der Waals surface area contributed by atoms with Crippen LogP contribution in [0, 0.1) is 0 Å². The molecular weight excluding hydrogens is 751 g/mol. The van der Waals surface area contributed by atoms with Gasteiger partial charge in [-0.05, 0) is 83.3 Å². The van der Waals surface area contributed by atoms with Gasteiger partial charge in [-0.3, -0.25) is 0 Å². The van der Waals surface area contributed by atoms with E-state index in [0.29, 0.717) is 117 Å². The molecule has 0 saturated heterocycles. The Balaban J connectivity index is 1.75. The SMILES string of the molecule is CCOCCOc1c2cccc1Cc1cc(CCl)cc(c1OCCOCC)Cc1cccc(c1OCCOCC)Cc1cc(CCl)cc(c1OCCOCC)C2. The van der Waals surface area contributed by atoms with Crippen LogP contribution in [0.5, 0.6) is 23.0 Å². The normalized spacial score (nSPS) is 12.4. The second-order valence-electron chi connectivity index (χ2n) is 13.5. The van der Waals surface area contributed by atoms with Crippen molar-refractivity contribution in [1.29, 1.82) is 0 Å². The number of rotatable bonds is 22. The van der Waals surface area contributed by atoms with Gasteiger partial charge >= 0.3 is 0 Å². The summed E-state index contributed by atoms with van der Waals surface area (Å²) < 4.78 is 49.5. The van der Waals surface area contributed by atoms with E-state index in [9.17, 15) is 0 Å². The molecule has 1 aliphatic rings. The van der Waals surface area contributed by atoms with Crippen LogP contribution in [-0.2, 0) is 56.4 Å². The van der Waals surface area contributed by atoms with Crippen LogP contribution in [0.25, 0.3) is 0 Å². The van der Waals surface area contributed by atoms with Crippen LogP contribution < -0.4 is 18.9 Å². The lowest BCUT2D eigenvalue weighted by Gasteiger charge is -2.24. The van der Waals surface area contributed by atoms with E-state index in [1.165, 1.54) is 0 Å². The number of para-hydroxylation sites is 2. The molecule has 10 heteroatoms. The van der Waals surface area contributed by atoms with Crippen molar-refractivity contribution in [3.05, 3.63) is 116 Å². The number of ether oxygens (including phenoxy) is 8. The molecule has 0 heterocycles. The van der Waals surface area contributed by atoms with Gasteiger partial charge in [-0.1, -0.05) is 60.7 Å². The molecule has 0 aromatic heterocycles. The maximum absolute atomic E-state index is 6.67. The number of halogens is 2. The fourth-order valence-electron chi connectivity index (χ4n) is 7.12. The van der Waals surface area contributed by atoms with Gasteiger partial charge in [0.15, 0.2) is 0 Å². The number of hydrogen-bond acceptors (Lipinski definition) is 8. The van der Waals surface area contributed by atoms with E-state index in [0.717, 1.165) is 78.6 Å². The van der Waals surface area contributed by atoms with Crippen molar-refractivity contribution in [2.45, 2.75) is 65.1 Å². The highest BCUT2D eigenvalue weighted by Gasteiger charge is 2.23. The van der Waals surface area contributed by atoms with Gasteiger partial charge in [0.1, 0.15) is 49.4 Å². The van der Waals surface area contributed by atoms with Gasteiger partial charge in [0.25, 0.3) is 0 Å². The minimum Gasteiger partial charge on any atom is -0.491 e. The van der Waals surface area contributed by atoms with Gasteiger partial charge in [-0.15, -0.1) is 23.2 Å². The van der Waals surface area contributed by atoms with Crippen molar-refractivity contribution in [1.82, 2.24) is 0 Å². The summed E-state index contributed by atoms with van der Waals surface area (Å²) in [6, 6.07) is 21.4. The predicted octanol–water partition coefficient (Wildman–Crippen LogP) is 9.50. The van der Waals surface area contributed by atoms with E-state index in [2.05, 4.69) is 60.7 Å². The van der Waals surface area contributed by atoms with Gasteiger partial charge in [0.2, 0.25) is 0 Å². The van der Waals surface area contributed by atoms with Gasteiger partial charge in [-0.25, -0.2) is 0 Å². The molecule has 0 unspecified atom stereocenters. The van der Waals surface area contributed by atoms with Crippen molar-refractivity contribution in [3.63, 3.8) is 0 Å². The smallest absolute Gasteiger partial charge is 0.126 e. The molecule has 0 fully saturated rings. The molecule has 0 saturated carbocycles. The quantitative estimate of drug-likeness (QED) is 0.0506. The summed E-state index contributed by atoms with van der Waals surface area (Å²) in [7, 11) is 0. The van der Waals surface area contributed by atoms with Gasteiger partial charge in [-0.2, -0.15) is 0 Å². The molecule has 5 rings (SSSR count). The maximum atomic E-state index is 6.67. The first-order valence-electron chi connectivity index (χ1n) is 20.0. The molecule has 0 spiro atoms. The first kappa shape index (κ1) is 43.6. The molecular formula is C46H58Cl2O8. The Kier molecular flexibility index (Phi) is 18.4. The van der Waals surface area contributed by atoms with Crippen LogP contribution in [-0.4, -0.2) is 79.3 Å². The highest BCUT2D eigenvalue weighted by Crippen LogP contribution is 2.40. The average molecular weight is 810 g/mol. The third-order valence-electron chi connectivity index (χ3n) is 9.51. The van der Waals surface area contributed by atoms with E-state index < -0.39 is 0 Å². The Hall–Kier alpha value is -3.50. The summed E-state index contributed by atoms with van der Waals surface area (Å²) in [5, 5.41) is 0. The van der Waals surface area contributed by atoms with Crippen molar-refractivity contribution in [2.75, 3.05) is 79.3 Å². The van der Waals surface area contributed by atoms with E-state index in [1.54, 1.807) is 0 Å². The molecule has 8 bridgehead atoms. The lowest BCUT2D eigenvalue weighted by molar-refractivity contribution is 0.108. The Morgan fingerprint density at radius 1 is 0.375 bits per heavy atom. The Morgan fingerprint density at radius 3 is 0.857 bits per heavy atom. The number of benzene rings is 4. The molecule has 304 valence electrons. The summed E-state index contributed by atoms with van der Waals surface area (Å²) in [5.41, 5.74) is 10.3. The molecule has 0 amide bonds. The molecule has 8 nitrogen and oxygen atoms in total. The third-order valence-corrected chi connectivity index (χ3v) is 10.1. The third kappa shape index (κ3) is 12.3. The van der Waals surface area contributed by atoms with E-state index in [-0.39, 0.29) is 0 Å². The molecule has 4 aromatic carbocycles. The first-order chi connectivity index (χ1) is 27.5. The van der Waals surface area contributed by atoms with E-state index >= 15 is 0 Å². The van der Waals surface area contributed by atoms with Crippen LogP contribution in [0.1, 0.15) is 83.3 Å². The minimum absolute atomic E-state index is 0.359. The lowest BCUT2D eigenvalue weighted by Crippen LogP contribution is -2.14. The predicted molar refractivity (Wildman–Crippen MR) is 224 cm³/mol. The topological polar surface area (TPSA) is 73.8 Å². The Morgan fingerprint density at radius 2 is 0.625 bits per heavy atom. The molecule has 0 N–H and O–H groups in total. The van der Waals surface area contributed by atoms with E-state index in [4.69, 9.17) is 61.1 Å². The zero-order chi connectivity index (χ0) is 39.5. The van der Waals surface area contributed by atoms with Gasteiger partial charge in [0, 0.05) is 63.9 Å². The zero-order valence-electron chi connectivity index (χ0n) is 33.5. The van der Waals surface area contributed by atoms with Crippen LogP contribution in [0.4, 0.5) is 0 Å². The van der Waals surface area contributed by atoms with Crippen molar-refractivity contribution in [3.8, 4) is 23.0 Å². The fourth-order valence-corrected chi connectivity index (χ4v) is 7.42. The Labute approximate surface area is 343 Å². The second kappa shape index (κ2) is 23.7. The lowest BCUT2D eigenvalue weighted by atomic mass is 9.90. The average Bonchev–Trinajstić information content (AvgIpc) is 3.20. The van der Waals surface area contributed by atoms with Crippen molar-refractivity contribution in [2.24, 2.45) is 0 Å². The van der Waals surface area contributed by atoms with Gasteiger partial charge in [0.05, 0.1) is 26.4 Å². The largest absolute Gasteiger partial charge is 0.491 e. The Bertz CT molecular complexity index is 1590. The van der Waals surface area contributed by atoms with Crippen LogP contribution >= 0.6 is 23.2 Å². The first-order valence-corrected chi connectivity index (χ1v) is 21.0. The molecule has 0 radical (unpaired) electrons. The molecule has 0 atom stereocenters. The fraction of sp³-hybridized carbons (Fsp3) is 0.478. The number of fused-ring (bicyclic) bond motifs is 8. The second-order valence-corrected chi connectivity index (χ2v) is 14.0. The van der Waals surface area contributed by atoms with Crippen LogP contribution in [0.2, 0.25) is 0 Å². The molecule has 1 aliphatic carbocycles. The summed E-state index contributed by atoms with van der Waals surface area (Å²) >= 11 is 13.2. The maximum Gasteiger partial charge on any atom is 0.126 e. The monoisotopic (exact) mass is 808 g/mol. The number of alkyl halides is 2. The van der Waals surface area contributed by atoms with Gasteiger partial charge < -0.3 is 37.9 Å². The van der Waals surface area contributed by atoms with E-state index in [1.807, 2.05) is 27.7 Å². The standard InChI is InChI=1S/C46H58Cl2O8/c1-5-49-15-19-53-43-35-11-9-12-36(43)28-40-24-34(32-48)26-42(46(40)56-22-18-52-8-4)30-38-14-10-13-37(44(38)54-20-16-50-6-2)29-41-25-33(31-47)23-39(27-35)45(41)55-21-17-51-7-3/h9-14,23-26H,5-8,15-22,27-32H2,1-4H3. The summed E-state index contributed by atoms with van der Waals surface area (Å²) in [6.07, 6.45) is 2.23. The highest BCUT2D eigenvalue weighted by molar-refractivity contribution is 6.17. The van der Waals surface area contributed by atoms with Crippen molar-refractivity contribution < 1.29 is 37.9 Å². The summed E-state index contributed by atoms with van der Waals surface area (Å²) in [5.74, 6) is 4.01. The minimum atomic E-state index is 0.359. The number of hydrogen-bond donors (Lipinski definition) is 0. The van der Waals surface area contributed by atoms with Crippen LogP contribution in [0.3, 0.4) is 0 Å². The molecule has 56 heavy (non-hydrogen) atoms. The summed E-state index contributed by atoms with van der Waals surface area (Å²) in [6.45, 7) is 14.0. The summed E-state index contributed by atoms with van der Waals surface area (Å²) in [4.78, 5) is 0.